The lowest BCUT2D eigenvalue weighted by molar-refractivity contribution is 0.102. The van der Waals surface area contributed by atoms with Gasteiger partial charge in [0.25, 0.3) is 0 Å². The second-order valence-corrected chi connectivity index (χ2v) is 9.30. The summed E-state index contributed by atoms with van der Waals surface area (Å²) in [7, 11) is -3.79. The number of hydrogen-bond donors (Lipinski definition) is 1. The number of ketones is 1. The monoisotopic (exact) mass is 417 g/mol. The Hall–Kier alpha value is -2.16. The van der Waals surface area contributed by atoms with E-state index in [0.717, 1.165) is 22.2 Å². The molecule has 0 unspecified atom stereocenters. The zero-order chi connectivity index (χ0) is 20.6. The molecule has 0 bridgehead atoms. The number of Topliss-reactive ketones (excluding diaryl/α,β-unsaturated/α-hetero) is 1. The fourth-order valence-electron chi connectivity index (χ4n) is 3.15. The first-order valence-corrected chi connectivity index (χ1v) is 11.4. The van der Waals surface area contributed by atoms with Crippen LogP contribution in [-0.4, -0.2) is 29.5 Å². The van der Waals surface area contributed by atoms with Crippen molar-refractivity contribution in [3.8, 4) is 0 Å². The van der Waals surface area contributed by atoms with Crippen molar-refractivity contribution in [1.29, 1.82) is 0 Å². The van der Waals surface area contributed by atoms with Gasteiger partial charge in [0.1, 0.15) is 0 Å². The lowest BCUT2D eigenvalue weighted by Crippen LogP contribution is -2.11. The van der Waals surface area contributed by atoms with E-state index >= 15 is 0 Å². The Morgan fingerprint density at radius 2 is 1.79 bits per heavy atom. The van der Waals surface area contributed by atoms with Gasteiger partial charge in [-0.2, -0.15) is 0 Å². The van der Waals surface area contributed by atoms with Gasteiger partial charge in [-0.15, -0.1) is 0 Å². The molecule has 0 amide bonds. The van der Waals surface area contributed by atoms with Crippen molar-refractivity contribution in [2.75, 3.05) is 5.75 Å². The Morgan fingerprint density at radius 3 is 2.43 bits per heavy atom. The van der Waals surface area contributed by atoms with Crippen molar-refractivity contribution in [1.82, 2.24) is 9.55 Å². The fraction of sp³-hybridized carbons (Fsp3) is 0.300. The van der Waals surface area contributed by atoms with Crippen LogP contribution in [-0.2, 0) is 16.6 Å². The first-order chi connectivity index (χ1) is 13.1. The van der Waals surface area contributed by atoms with Crippen molar-refractivity contribution < 1.29 is 13.2 Å². The van der Waals surface area contributed by atoms with E-state index in [1.807, 2.05) is 44.4 Å². The van der Waals surface area contributed by atoms with Gasteiger partial charge in [0.15, 0.2) is 10.9 Å². The topological polar surface area (TPSA) is 95.0 Å². The largest absolute Gasteiger partial charge is 0.319 e. The lowest BCUT2D eigenvalue weighted by atomic mass is 9.99. The van der Waals surface area contributed by atoms with E-state index in [4.69, 9.17) is 5.14 Å². The van der Waals surface area contributed by atoms with Crippen LogP contribution in [0, 0.1) is 20.8 Å². The highest BCUT2D eigenvalue weighted by atomic mass is 32.2. The minimum atomic E-state index is -3.79. The van der Waals surface area contributed by atoms with Gasteiger partial charge in [0, 0.05) is 12.1 Å². The third-order valence-electron chi connectivity index (χ3n) is 4.80. The first-order valence-electron chi connectivity index (χ1n) is 8.88. The van der Waals surface area contributed by atoms with Crippen LogP contribution in [0.3, 0.4) is 0 Å². The normalized spacial score (nSPS) is 11.9. The molecule has 0 saturated carbocycles. The van der Waals surface area contributed by atoms with E-state index in [0.29, 0.717) is 17.2 Å². The van der Waals surface area contributed by atoms with Gasteiger partial charge < -0.3 is 4.57 Å². The van der Waals surface area contributed by atoms with Crippen molar-refractivity contribution >= 4 is 38.6 Å². The SMILES string of the molecule is CCn1c(SCC(=O)c2cc(C)c(C)cc2C)nc2cc(S(N)(=O)=O)ccc21. The van der Waals surface area contributed by atoms with Gasteiger partial charge in [-0.05, 0) is 68.7 Å². The minimum absolute atomic E-state index is 0.0270. The van der Waals surface area contributed by atoms with Gasteiger partial charge >= 0.3 is 0 Å². The summed E-state index contributed by atoms with van der Waals surface area (Å²) in [5.41, 5.74) is 5.31. The number of imidazole rings is 1. The predicted molar refractivity (Wildman–Crippen MR) is 112 cm³/mol. The average Bonchev–Trinajstić information content (AvgIpc) is 2.98. The summed E-state index contributed by atoms with van der Waals surface area (Å²) in [6, 6.07) is 8.61. The summed E-state index contributed by atoms with van der Waals surface area (Å²) >= 11 is 1.35. The molecule has 6 nitrogen and oxygen atoms in total. The lowest BCUT2D eigenvalue weighted by Gasteiger charge is -2.09. The zero-order valence-corrected chi connectivity index (χ0v) is 17.9. The molecule has 0 saturated heterocycles. The molecule has 3 aromatic rings. The summed E-state index contributed by atoms with van der Waals surface area (Å²) in [5, 5.41) is 5.89. The second kappa shape index (κ2) is 7.69. The third kappa shape index (κ3) is 3.99. The number of rotatable bonds is 6. The van der Waals surface area contributed by atoms with E-state index in [9.17, 15) is 13.2 Å². The number of nitrogens with two attached hydrogens (primary N) is 1. The fourth-order valence-corrected chi connectivity index (χ4v) is 4.64. The smallest absolute Gasteiger partial charge is 0.238 e. The van der Waals surface area contributed by atoms with Gasteiger partial charge in [0.2, 0.25) is 10.0 Å². The van der Waals surface area contributed by atoms with E-state index in [1.165, 1.54) is 29.5 Å². The Balaban J connectivity index is 1.90. The number of carbonyl (C=O) groups excluding carboxylic acids is 1. The molecule has 0 spiro atoms. The molecule has 2 N–H and O–H groups in total. The Labute approximate surface area is 169 Å². The standard InChI is InChI=1S/C20H23N3O3S2/c1-5-23-18-7-6-15(28(21,25)26)10-17(18)22-20(23)27-11-19(24)16-9-13(3)12(2)8-14(16)4/h6-10H,5,11H2,1-4H3,(H2,21,25,26). The number of aromatic nitrogens is 2. The van der Waals surface area contributed by atoms with Crippen molar-refractivity contribution in [3.63, 3.8) is 0 Å². The van der Waals surface area contributed by atoms with Crippen LogP contribution in [0.1, 0.15) is 34.0 Å². The summed E-state index contributed by atoms with van der Waals surface area (Å²) in [6.07, 6.45) is 0. The van der Waals surface area contributed by atoms with Crippen molar-refractivity contribution in [2.45, 2.75) is 44.3 Å². The van der Waals surface area contributed by atoms with Crippen LogP contribution < -0.4 is 5.14 Å². The van der Waals surface area contributed by atoms with Gasteiger partial charge in [-0.3, -0.25) is 4.79 Å². The molecular weight excluding hydrogens is 394 g/mol. The maximum Gasteiger partial charge on any atom is 0.238 e. The van der Waals surface area contributed by atoms with Gasteiger partial charge in [0.05, 0.1) is 21.7 Å². The average molecular weight is 418 g/mol. The van der Waals surface area contributed by atoms with Crippen molar-refractivity contribution in [3.05, 3.63) is 52.6 Å². The van der Waals surface area contributed by atoms with Crippen LogP contribution in [0.2, 0.25) is 0 Å². The number of primary sulfonamides is 1. The number of benzene rings is 2. The molecule has 0 aliphatic carbocycles. The molecule has 0 radical (unpaired) electrons. The summed E-state index contributed by atoms with van der Waals surface area (Å²) in [6.45, 7) is 8.61. The van der Waals surface area contributed by atoms with Crippen LogP contribution in [0.15, 0.2) is 40.4 Å². The van der Waals surface area contributed by atoms with Crippen molar-refractivity contribution in [2.24, 2.45) is 5.14 Å². The maximum absolute atomic E-state index is 12.7. The summed E-state index contributed by atoms with van der Waals surface area (Å²) in [5.74, 6) is 0.305. The predicted octanol–water partition coefficient (Wildman–Crippen LogP) is 3.60. The highest BCUT2D eigenvalue weighted by Gasteiger charge is 2.17. The summed E-state index contributed by atoms with van der Waals surface area (Å²) in [4.78, 5) is 17.3. The van der Waals surface area contributed by atoms with E-state index in [1.54, 1.807) is 6.07 Å². The van der Waals surface area contributed by atoms with Gasteiger partial charge in [-0.25, -0.2) is 18.5 Å². The highest BCUT2D eigenvalue weighted by molar-refractivity contribution is 7.99. The van der Waals surface area contributed by atoms with Crippen LogP contribution in [0.25, 0.3) is 11.0 Å². The highest BCUT2D eigenvalue weighted by Crippen LogP contribution is 2.27. The Kier molecular flexibility index (Phi) is 5.65. The number of thioether (sulfide) groups is 1. The quantitative estimate of drug-likeness (QED) is 0.488. The molecule has 28 heavy (non-hydrogen) atoms. The number of hydrogen-bond acceptors (Lipinski definition) is 5. The van der Waals surface area contributed by atoms with E-state index < -0.39 is 10.0 Å². The molecule has 148 valence electrons. The van der Waals surface area contributed by atoms with E-state index in [2.05, 4.69) is 4.98 Å². The molecule has 0 aliphatic rings. The third-order valence-corrected chi connectivity index (χ3v) is 6.69. The Morgan fingerprint density at radius 1 is 1.11 bits per heavy atom. The molecule has 1 heterocycles. The molecule has 3 rings (SSSR count). The number of carbonyl (C=O) groups is 1. The molecule has 0 aliphatic heterocycles. The molecule has 8 heteroatoms. The number of fused-ring (bicyclic) bond motifs is 1. The first kappa shape index (κ1) is 20.6. The number of aryl methyl sites for hydroxylation is 4. The van der Waals surface area contributed by atoms with Crippen LogP contribution in [0.4, 0.5) is 0 Å². The number of sulfonamides is 1. The molecule has 2 aromatic carbocycles. The van der Waals surface area contributed by atoms with E-state index in [-0.39, 0.29) is 16.4 Å². The van der Waals surface area contributed by atoms with Crippen LogP contribution in [0.5, 0.6) is 0 Å². The molecule has 0 fully saturated rings. The molecule has 0 atom stereocenters. The van der Waals surface area contributed by atoms with Gasteiger partial charge in [-0.1, -0.05) is 17.8 Å². The number of nitrogens with zero attached hydrogens (tertiary/aromatic N) is 2. The zero-order valence-electron chi connectivity index (χ0n) is 16.3. The summed E-state index contributed by atoms with van der Waals surface area (Å²) < 4.78 is 25.1. The minimum Gasteiger partial charge on any atom is -0.319 e. The maximum atomic E-state index is 12.7. The Bertz CT molecular complexity index is 1180. The second-order valence-electron chi connectivity index (χ2n) is 6.80. The molecular formula is C20H23N3O3S2. The molecule has 1 aromatic heterocycles. The van der Waals surface area contributed by atoms with Crippen LogP contribution >= 0.6 is 11.8 Å².